The SMILES string of the molecule is CCCCCNC(=S)Nc1cc(OC)c(OC)c(OC)c1. The maximum atomic E-state index is 5.31. The maximum absolute atomic E-state index is 5.31. The fourth-order valence-corrected chi connectivity index (χ4v) is 2.13. The Hall–Kier alpha value is -1.69. The molecular formula is C15H24N2O3S. The van der Waals surface area contributed by atoms with Gasteiger partial charge in [0, 0.05) is 24.4 Å². The van der Waals surface area contributed by atoms with Gasteiger partial charge in [-0.25, -0.2) is 0 Å². The molecule has 21 heavy (non-hydrogen) atoms. The number of unbranched alkanes of at least 4 members (excludes halogenated alkanes) is 2. The van der Waals surface area contributed by atoms with Crippen molar-refractivity contribution < 1.29 is 14.2 Å². The van der Waals surface area contributed by atoms with Crippen molar-refractivity contribution in [3.8, 4) is 17.2 Å². The van der Waals surface area contributed by atoms with E-state index in [0.29, 0.717) is 22.4 Å². The number of hydrogen-bond donors (Lipinski definition) is 2. The molecule has 0 aromatic heterocycles. The van der Waals surface area contributed by atoms with Gasteiger partial charge in [-0.05, 0) is 18.6 Å². The van der Waals surface area contributed by atoms with Crippen LogP contribution in [0.4, 0.5) is 5.69 Å². The van der Waals surface area contributed by atoms with Crippen LogP contribution in [0.15, 0.2) is 12.1 Å². The van der Waals surface area contributed by atoms with E-state index in [9.17, 15) is 0 Å². The smallest absolute Gasteiger partial charge is 0.203 e. The second-order valence-corrected chi connectivity index (χ2v) is 4.91. The highest BCUT2D eigenvalue weighted by Gasteiger charge is 2.13. The van der Waals surface area contributed by atoms with Gasteiger partial charge in [-0.2, -0.15) is 0 Å². The van der Waals surface area contributed by atoms with E-state index >= 15 is 0 Å². The molecule has 0 unspecified atom stereocenters. The van der Waals surface area contributed by atoms with Gasteiger partial charge in [-0.3, -0.25) is 0 Å². The zero-order chi connectivity index (χ0) is 15.7. The molecule has 6 heteroatoms. The Morgan fingerprint density at radius 3 is 2.14 bits per heavy atom. The maximum Gasteiger partial charge on any atom is 0.203 e. The topological polar surface area (TPSA) is 51.8 Å². The molecule has 0 amide bonds. The first-order valence-electron chi connectivity index (χ1n) is 7.01. The minimum absolute atomic E-state index is 0.562. The van der Waals surface area contributed by atoms with Crippen LogP contribution in [0, 0.1) is 0 Å². The summed E-state index contributed by atoms with van der Waals surface area (Å²) in [5, 5.41) is 6.88. The summed E-state index contributed by atoms with van der Waals surface area (Å²) in [6.07, 6.45) is 3.49. The average Bonchev–Trinajstić information content (AvgIpc) is 2.50. The molecule has 0 saturated heterocycles. The number of thiocarbonyl (C=S) groups is 1. The standard InChI is InChI=1S/C15H24N2O3S/c1-5-6-7-8-16-15(21)17-11-9-12(18-2)14(20-4)13(10-11)19-3/h9-10H,5-8H2,1-4H3,(H2,16,17,21). The highest BCUT2D eigenvalue weighted by Crippen LogP contribution is 2.39. The summed E-state index contributed by atoms with van der Waals surface area (Å²) in [5.74, 6) is 1.74. The monoisotopic (exact) mass is 312 g/mol. The Morgan fingerprint density at radius 1 is 1.05 bits per heavy atom. The Kier molecular flexibility index (Phi) is 7.68. The number of hydrogen-bond acceptors (Lipinski definition) is 4. The van der Waals surface area contributed by atoms with Gasteiger partial charge >= 0.3 is 0 Å². The molecule has 118 valence electrons. The molecular weight excluding hydrogens is 288 g/mol. The largest absolute Gasteiger partial charge is 0.493 e. The van der Waals surface area contributed by atoms with Gasteiger partial charge in [0.15, 0.2) is 16.6 Å². The molecule has 0 aliphatic heterocycles. The molecule has 0 aliphatic rings. The molecule has 0 bridgehead atoms. The van der Waals surface area contributed by atoms with Gasteiger partial charge < -0.3 is 24.8 Å². The Morgan fingerprint density at radius 2 is 1.67 bits per heavy atom. The van der Waals surface area contributed by atoms with Gasteiger partial charge in [0.1, 0.15) is 0 Å². The summed E-state index contributed by atoms with van der Waals surface area (Å²) in [5.41, 5.74) is 0.789. The first-order chi connectivity index (χ1) is 10.2. The van der Waals surface area contributed by atoms with Crippen molar-refractivity contribution in [1.82, 2.24) is 5.32 Å². The van der Waals surface area contributed by atoms with Crippen LogP contribution in [0.25, 0.3) is 0 Å². The molecule has 5 nitrogen and oxygen atoms in total. The summed E-state index contributed by atoms with van der Waals surface area (Å²) in [6, 6.07) is 3.64. The number of methoxy groups -OCH3 is 3. The number of anilines is 1. The lowest BCUT2D eigenvalue weighted by Crippen LogP contribution is -2.29. The summed E-state index contributed by atoms with van der Waals surface area (Å²) in [7, 11) is 4.75. The second-order valence-electron chi connectivity index (χ2n) is 4.50. The zero-order valence-corrected chi connectivity index (χ0v) is 13.9. The summed E-state index contributed by atoms with van der Waals surface area (Å²) in [4.78, 5) is 0. The minimum atomic E-state index is 0.562. The predicted molar refractivity (Wildman–Crippen MR) is 89.8 cm³/mol. The van der Waals surface area contributed by atoms with Crippen molar-refractivity contribution in [1.29, 1.82) is 0 Å². The summed E-state index contributed by atoms with van der Waals surface area (Å²) in [6.45, 7) is 3.04. The Balaban J connectivity index is 2.72. The highest BCUT2D eigenvalue weighted by atomic mass is 32.1. The van der Waals surface area contributed by atoms with Crippen LogP contribution in [-0.2, 0) is 0 Å². The molecule has 0 saturated carbocycles. The molecule has 0 radical (unpaired) electrons. The normalized spacial score (nSPS) is 9.90. The van der Waals surface area contributed by atoms with Crippen molar-refractivity contribution in [2.45, 2.75) is 26.2 Å². The van der Waals surface area contributed by atoms with Crippen LogP contribution in [-0.4, -0.2) is 33.0 Å². The third-order valence-electron chi connectivity index (χ3n) is 2.99. The Labute approximate surface area is 132 Å². The number of ether oxygens (including phenoxy) is 3. The van der Waals surface area contributed by atoms with Crippen LogP contribution >= 0.6 is 12.2 Å². The lowest BCUT2D eigenvalue weighted by atomic mass is 10.2. The van der Waals surface area contributed by atoms with Gasteiger partial charge in [-0.1, -0.05) is 19.8 Å². The fourth-order valence-electron chi connectivity index (χ4n) is 1.91. The third kappa shape index (κ3) is 5.30. The third-order valence-corrected chi connectivity index (χ3v) is 3.23. The molecule has 1 aromatic carbocycles. The molecule has 1 aromatic rings. The van der Waals surface area contributed by atoms with Crippen molar-refractivity contribution in [2.75, 3.05) is 33.2 Å². The van der Waals surface area contributed by atoms with Crippen LogP contribution in [0.1, 0.15) is 26.2 Å². The van der Waals surface area contributed by atoms with E-state index in [1.54, 1.807) is 21.3 Å². The van der Waals surface area contributed by atoms with Gasteiger partial charge in [0.2, 0.25) is 5.75 Å². The number of benzene rings is 1. The van der Waals surface area contributed by atoms with E-state index < -0.39 is 0 Å². The second kappa shape index (κ2) is 9.28. The molecule has 2 N–H and O–H groups in total. The van der Waals surface area contributed by atoms with E-state index in [0.717, 1.165) is 18.7 Å². The average molecular weight is 312 g/mol. The molecule has 0 atom stereocenters. The van der Waals surface area contributed by atoms with E-state index in [2.05, 4.69) is 17.6 Å². The minimum Gasteiger partial charge on any atom is -0.493 e. The number of nitrogens with one attached hydrogen (secondary N) is 2. The molecule has 0 spiro atoms. The molecule has 1 rings (SSSR count). The van der Waals surface area contributed by atoms with E-state index in [4.69, 9.17) is 26.4 Å². The van der Waals surface area contributed by atoms with Crippen LogP contribution < -0.4 is 24.8 Å². The Bertz CT molecular complexity index is 441. The predicted octanol–water partition coefficient (Wildman–Crippen LogP) is 3.19. The number of rotatable bonds is 8. The molecule has 0 fully saturated rings. The zero-order valence-electron chi connectivity index (χ0n) is 13.1. The van der Waals surface area contributed by atoms with Crippen LogP contribution in [0.2, 0.25) is 0 Å². The molecule has 0 heterocycles. The first kappa shape index (κ1) is 17.4. The van der Waals surface area contributed by atoms with Crippen molar-refractivity contribution in [3.05, 3.63) is 12.1 Å². The van der Waals surface area contributed by atoms with E-state index in [-0.39, 0.29) is 0 Å². The molecule has 0 aliphatic carbocycles. The van der Waals surface area contributed by atoms with Crippen molar-refractivity contribution >= 4 is 23.0 Å². The van der Waals surface area contributed by atoms with Crippen LogP contribution in [0.5, 0.6) is 17.2 Å². The van der Waals surface area contributed by atoms with Crippen LogP contribution in [0.3, 0.4) is 0 Å². The van der Waals surface area contributed by atoms with Gasteiger partial charge in [0.05, 0.1) is 21.3 Å². The highest BCUT2D eigenvalue weighted by molar-refractivity contribution is 7.80. The lowest BCUT2D eigenvalue weighted by molar-refractivity contribution is 0.324. The van der Waals surface area contributed by atoms with E-state index in [1.807, 2.05) is 12.1 Å². The van der Waals surface area contributed by atoms with Gasteiger partial charge in [0.25, 0.3) is 0 Å². The first-order valence-corrected chi connectivity index (χ1v) is 7.41. The fraction of sp³-hybridized carbons (Fsp3) is 0.533. The summed E-state index contributed by atoms with van der Waals surface area (Å²) >= 11 is 5.27. The quantitative estimate of drug-likeness (QED) is 0.568. The van der Waals surface area contributed by atoms with E-state index in [1.165, 1.54) is 12.8 Å². The van der Waals surface area contributed by atoms with Crippen molar-refractivity contribution in [3.63, 3.8) is 0 Å². The summed E-state index contributed by atoms with van der Waals surface area (Å²) < 4.78 is 15.9. The lowest BCUT2D eigenvalue weighted by Gasteiger charge is -2.16. The van der Waals surface area contributed by atoms with Crippen molar-refractivity contribution in [2.24, 2.45) is 0 Å². The van der Waals surface area contributed by atoms with Gasteiger partial charge in [-0.15, -0.1) is 0 Å².